The topological polar surface area (TPSA) is 114 Å². The van der Waals surface area contributed by atoms with Crippen LogP contribution in [-0.4, -0.2) is 37.1 Å². The van der Waals surface area contributed by atoms with Gasteiger partial charge in [-0.1, -0.05) is 11.8 Å². The van der Waals surface area contributed by atoms with Crippen molar-refractivity contribution in [3.8, 4) is 0 Å². The van der Waals surface area contributed by atoms with Gasteiger partial charge in [0, 0.05) is 12.7 Å². The molecule has 0 aliphatic carbocycles. The summed E-state index contributed by atoms with van der Waals surface area (Å²) in [5, 5.41) is 30.0. The van der Waals surface area contributed by atoms with Gasteiger partial charge in [0.15, 0.2) is 5.12 Å². The number of hydrogen-bond donors (Lipinski definition) is 2. The minimum absolute atomic E-state index is 0.0391. The predicted molar refractivity (Wildman–Crippen MR) is 65.0 cm³/mol. The minimum Gasteiger partial charge on any atom is -0.389 e. The summed E-state index contributed by atoms with van der Waals surface area (Å²) >= 11 is 0.837. The summed E-state index contributed by atoms with van der Waals surface area (Å²) in [5.74, 6) is -0.542. The van der Waals surface area contributed by atoms with Crippen LogP contribution >= 0.6 is 11.8 Å². The summed E-state index contributed by atoms with van der Waals surface area (Å²) in [6.07, 6.45) is -1.50. The average Bonchev–Trinajstić information content (AvgIpc) is 2.34. The van der Waals surface area contributed by atoms with E-state index in [0.29, 0.717) is 0 Å². The van der Waals surface area contributed by atoms with E-state index in [1.807, 2.05) is 0 Å². The van der Waals surface area contributed by atoms with Crippen molar-refractivity contribution in [3.63, 3.8) is 0 Å². The average molecular weight is 272 g/mol. The van der Waals surface area contributed by atoms with Gasteiger partial charge in [-0.05, 0) is 22.0 Å². The summed E-state index contributed by atoms with van der Waals surface area (Å²) in [5.41, 5.74) is -0.0702. The van der Waals surface area contributed by atoms with Gasteiger partial charge in [0.05, 0.1) is 11.7 Å². The summed E-state index contributed by atoms with van der Waals surface area (Å²) < 4.78 is 0. The normalized spacial score (nSPS) is 13.9. The SMILES string of the molecule is CC(=O)SCC(O)C(O)c1cccnc1[N+](=O)[O-]. The first-order valence-electron chi connectivity index (χ1n) is 5.02. The van der Waals surface area contributed by atoms with E-state index in [4.69, 9.17) is 0 Å². The Morgan fingerprint density at radius 1 is 1.61 bits per heavy atom. The molecule has 18 heavy (non-hydrogen) atoms. The number of thioether (sulfide) groups is 1. The lowest BCUT2D eigenvalue weighted by atomic mass is 10.1. The molecule has 0 bridgehead atoms. The summed E-state index contributed by atoms with van der Waals surface area (Å²) in [7, 11) is 0. The summed E-state index contributed by atoms with van der Waals surface area (Å²) in [6.45, 7) is 1.33. The van der Waals surface area contributed by atoms with E-state index in [-0.39, 0.29) is 16.4 Å². The molecule has 1 aromatic heterocycles. The van der Waals surface area contributed by atoms with Gasteiger partial charge in [-0.3, -0.25) is 4.79 Å². The molecule has 0 radical (unpaired) electrons. The number of nitrogens with zero attached hydrogens (tertiary/aromatic N) is 2. The van der Waals surface area contributed by atoms with E-state index in [1.165, 1.54) is 25.3 Å². The number of aliphatic hydroxyl groups is 2. The molecule has 1 aromatic rings. The number of pyridine rings is 1. The van der Waals surface area contributed by atoms with Crippen molar-refractivity contribution >= 4 is 22.7 Å². The number of aliphatic hydroxyl groups excluding tert-OH is 2. The maximum atomic E-state index is 10.7. The van der Waals surface area contributed by atoms with Gasteiger partial charge in [-0.2, -0.15) is 0 Å². The molecule has 0 aliphatic heterocycles. The molecule has 2 atom stereocenters. The second-order valence-corrected chi connectivity index (χ2v) is 4.69. The van der Waals surface area contributed by atoms with Gasteiger partial charge in [0.2, 0.25) is 0 Å². The van der Waals surface area contributed by atoms with Crippen LogP contribution in [0.15, 0.2) is 18.3 Å². The lowest BCUT2D eigenvalue weighted by molar-refractivity contribution is -0.391. The van der Waals surface area contributed by atoms with E-state index in [0.717, 1.165) is 11.8 Å². The fourth-order valence-corrected chi connectivity index (χ4v) is 1.88. The molecule has 0 fully saturated rings. The zero-order valence-electron chi connectivity index (χ0n) is 9.52. The number of carbonyl (C=O) groups is 1. The Hall–Kier alpha value is -1.51. The maximum absolute atomic E-state index is 10.7. The van der Waals surface area contributed by atoms with E-state index >= 15 is 0 Å². The first-order valence-corrected chi connectivity index (χ1v) is 6.01. The van der Waals surface area contributed by atoms with Crippen LogP contribution in [0.25, 0.3) is 0 Å². The van der Waals surface area contributed by atoms with Crippen molar-refractivity contribution < 1.29 is 19.9 Å². The Balaban J connectivity index is 2.86. The lowest BCUT2D eigenvalue weighted by Crippen LogP contribution is -2.22. The van der Waals surface area contributed by atoms with Crippen LogP contribution in [0.3, 0.4) is 0 Å². The van der Waals surface area contributed by atoms with Crippen LogP contribution in [-0.2, 0) is 4.79 Å². The molecular weight excluding hydrogens is 260 g/mol. The molecule has 8 heteroatoms. The Bertz CT molecular complexity index is 454. The highest BCUT2D eigenvalue weighted by Crippen LogP contribution is 2.26. The van der Waals surface area contributed by atoms with Crippen molar-refractivity contribution in [2.24, 2.45) is 0 Å². The lowest BCUT2D eigenvalue weighted by Gasteiger charge is -2.16. The molecule has 0 aliphatic rings. The highest BCUT2D eigenvalue weighted by atomic mass is 32.2. The van der Waals surface area contributed by atoms with Crippen LogP contribution in [0.5, 0.6) is 0 Å². The van der Waals surface area contributed by atoms with Gasteiger partial charge < -0.3 is 20.3 Å². The fourth-order valence-electron chi connectivity index (χ4n) is 1.29. The number of hydrogen-bond acceptors (Lipinski definition) is 7. The van der Waals surface area contributed by atoms with Gasteiger partial charge >= 0.3 is 5.82 Å². The molecule has 0 saturated heterocycles. The molecule has 0 saturated carbocycles. The first kappa shape index (κ1) is 14.6. The van der Waals surface area contributed by atoms with Crippen molar-refractivity contribution in [2.45, 2.75) is 19.1 Å². The highest BCUT2D eigenvalue weighted by molar-refractivity contribution is 8.13. The number of rotatable bonds is 5. The third-order valence-electron chi connectivity index (χ3n) is 2.13. The second-order valence-electron chi connectivity index (χ2n) is 3.49. The van der Waals surface area contributed by atoms with E-state index in [1.54, 1.807) is 0 Å². The van der Waals surface area contributed by atoms with Gasteiger partial charge in [0.1, 0.15) is 12.3 Å². The predicted octanol–water partition coefficient (Wildman–Crippen LogP) is 0.664. The molecule has 2 unspecified atom stereocenters. The van der Waals surface area contributed by atoms with Crippen LogP contribution < -0.4 is 0 Å². The summed E-state index contributed by atoms with van der Waals surface area (Å²) in [6, 6.07) is 2.74. The van der Waals surface area contributed by atoms with Crippen molar-refractivity contribution in [1.29, 1.82) is 0 Å². The van der Waals surface area contributed by atoms with E-state index in [2.05, 4.69) is 4.98 Å². The van der Waals surface area contributed by atoms with Crippen molar-refractivity contribution in [3.05, 3.63) is 34.0 Å². The minimum atomic E-state index is -1.45. The monoisotopic (exact) mass is 272 g/mol. The standard InChI is InChI=1S/C10H12N2O5S/c1-6(13)18-5-8(14)9(15)7-3-2-4-11-10(7)12(16)17/h2-4,8-9,14-15H,5H2,1H3. The number of aromatic nitrogens is 1. The molecule has 1 rings (SSSR count). The highest BCUT2D eigenvalue weighted by Gasteiger charge is 2.27. The Morgan fingerprint density at radius 3 is 2.83 bits per heavy atom. The van der Waals surface area contributed by atoms with Gasteiger partial charge in [-0.25, -0.2) is 0 Å². The van der Waals surface area contributed by atoms with Gasteiger partial charge in [0.25, 0.3) is 0 Å². The van der Waals surface area contributed by atoms with Crippen LogP contribution in [0.1, 0.15) is 18.6 Å². The molecule has 1 heterocycles. The zero-order valence-corrected chi connectivity index (χ0v) is 10.3. The Morgan fingerprint density at radius 2 is 2.28 bits per heavy atom. The Labute approximate surface area is 107 Å². The van der Waals surface area contributed by atoms with E-state index < -0.39 is 22.9 Å². The maximum Gasteiger partial charge on any atom is 0.369 e. The third kappa shape index (κ3) is 3.76. The molecule has 0 amide bonds. The third-order valence-corrected chi connectivity index (χ3v) is 3.04. The first-order chi connectivity index (χ1) is 8.43. The Kier molecular flexibility index (Phi) is 5.20. The number of nitro groups is 1. The fraction of sp³-hybridized carbons (Fsp3) is 0.400. The van der Waals surface area contributed by atoms with Crippen LogP contribution in [0, 0.1) is 10.1 Å². The largest absolute Gasteiger partial charge is 0.389 e. The van der Waals surface area contributed by atoms with Crippen LogP contribution in [0.2, 0.25) is 0 Å². The molecule has 2 N–H and O–H groups in total. The molecule has 0 spiro atoms. The molecule has 7 nitrogen and oxygen atoms in total. The molecular formula is C10H12N2O5S. The molecule has 0 aromatic carbocycles. The smallest absolute Gasteiger partial charge is 0.369 e. The van der Waals surface area contributed by atoms with Gasteiger partial charge in [-0.15, -0.1) is 0 Å². The number of carbonyl (C=O) groups excluding carboxylic acids is 1. The quantitative estimate of drug-likeness (QED) is 0.598. The van der Waals surface area contributed by atoms with Crippen LogP contribution in [0.4, 0.5) is 5.82 Å². The second kappa shape index (κ2) is 6.43. The zero-order chi connectivity index (χ0) is 13.7. The van der Waals surface area contributed by atoms with Crippen molar-refractivity contribution in [2.75, 3.05) is 5.75 Å². The van der Waals surface area contributed by atoms with Crippen molar-refractivity contribution in [1.82, 2.24) is 4.98 Å². The summed E-state index contributed by atoms with van der Waals surface area (Å²) in [4.78, 5) is 24.2. The van der Waals surface area contributed by atoms with E-state index in [9.17, 15) is 25.1 Å². The molecule has 98 valence electrons.